The van der Waals surface area contributed by atoms with Gasteiger partial charge in [-0.25, -0.2) is 4.79 Å². The van der Waals surface area contributed by atoms with Crippen molar-refractivity contribution in [3.63, 3.8) is 0 Å². The maximum absolute atomic E-state index is 13.1. The molecule has 7 heteroatoms. The number of rotatable bonds is 6. The fourth-order valence-electron chi connectivity index (χ4n) is 3.66. The Morgan fingerprint density at radius 3 is 2.33 bits per heavy atom. The molecular weight excluding hydrogens is 492 g/mol. The first-order valence-corrected chi connectivity index (χ1v) is 12.7. The van der Waals surface area contributed by atoms with Gasteiger partial charge in [0, 0.05) is 32.8 Å². The molecule has 2 aromatic heterocycles. The lowest BCUT2D eigenvalue weighted by Crippen LogP contribution is -2.27. The van der Waals surface area contributed by atoms with Gasteiger partial charge in [0.2, 0.25) is 0 Å². The third-order valence-electron chi connectivity index (χ3n) is 5.38. The van der Waals surface area contributed by atoms with Crippen LogP contribution < -0.4 is 5.32 Å². The Bertz CT molecular complexity index is 1410. The summed E-state index contributed by atoms with van der Waals surface area (Å²) in [6, 6.07) is 21.3. The van der Waals surface area contributed by atoms with Crippen molar-refractivity contribution < 1.29 is 14.3 Å². The van der Waals surface area contributed by atoms with Gasteiger partial charge in [0.1, 0.15) is 5.60 Å². The number of amides is 1. The van der Waals surface area contributed by atoms with Crippen molar-refractivity contribution in [1.82, 2.24) is 4.98 Å². The number of halogens is 1. The number of hydrogen-bond acceptors (Lipinski definition) is 5. The molecule has 2 aromatic carbocycles. The van der Waals surface area contributed by atoms with Crippen LogP contribution in [0.5, 0.6) is 0 Å². The summed E-state index contributed by atoms with van der Waals surface area (Å²) in [5.41, 5.74) is 3.93. The summed E-state index contributed by atoms with van der Waals surface area (Å²) >= 11 is 8.02. The Morgan fingerprint density at radius 2 is 1.67 bits per heavy atom. The minimum atomic E-state index is -0.628. The van der Waals surface area contributed by atoms with Gasteiger partial charge in [0.25, 0.3) is 0 Å². The zero-order valence-electron chi connectivity index (χ0n) is 20.6. The highest BCUT2D eigenvalue weighted by Crippen LogP contribution is 2.34. The van der Waals surface area contributed by atoms with Crippen molar-refractivity contribution in [3.8, 4) is 20.9 Å². The Hall–Kier alpha value is -3.48. The molecule has 1 N–H and O–H groups in total. The predicted molar refractivity (Wildman–Crippen MR) is 147 cm³/mol. The molecule has 0 saturated carbocycles. The second-order valence-corrected chi connectivity index (χ2v) is 10.9. The third-order valence-corrected chi connectivity index (χ3v) is 6.89. The lowest BCUT2D eigenvalue weighted by Gasteiger charge is -2.19. The van der Waals surface area contributed by atoms with Gasteiger partial charge in [-0.3, -0.25) is 15.1 Å². The molecule has 0 radical (unpaired) electrons. The summed E-state index contributed by atoms with van der Waals surface area (Å²) in [6.07, 6.45) is 1.31. The lowest BCUT2D eigenvalue weighted by atomic mass is 10.0. The van der Waals surface area contributed by atoms with Gasteiger partial charge in [-0.1, -0.05) is 41.9 Å². The van der Waals surface area contributed by atoms with Gasteiger partial charge in [-0.2, -0.15) is 0 Å². The molecule has 36 heavy (non-hydrogen) atoms. The summed E-state index contributed by atoms with van der Waals surface area (Å²) in [7, 11) is 0. The second-order valence-electron chi connectivity index (χ2n) is 9.44. The van der Waals surface area contributed by atoms with E-state index in [4.69, 9.17) is 16.3 Å². The quantitative estimate of drug-likeness (QED) is 0.261. The molecule has 0 aliphatic heterocycles. The van der Waals surface area contributed by atoms with Gasteiger partial charge >= 0.3 is 6.09 Å². The van der Waals surface area contributed by atoms with Gasteiger partial charge in [0.15, 0.2) is 5.78 Å². The van der Waals surface area contributed by atoms with E-state index >= 15 is 0 Å². The van der Waals surface area contributed by atoms with Crippen LogP contribution in [-0.4, -0.2) is 22.5 Å². The van der Waals surface area contributed by atoms with Crippen molar-refractivity contribution in [3.05, 3.63) is 94.8 Å². The van der Waals surface area contributed by atoms with Crippen LogP contribution in [0.15, 0.2) is 72.9 Å². The van der Waals surface area contributed by atoms with E-state index in [-0.39, 0.29) is 12.2 Å². The minimum absolute atomic E-state index is 0.0986. The second kappa shape index (κ2) is 10.6. The third kappa shape index (κ3) is 6.39. The molecule has 4 rings (SSSR count). The van der Waals surface area contributed by atoms with Crippen LogP contribution in [0.25, 0.3) is 20.9 Å². The molecular formula is C29H27ClN2O3S. The number of thiophene rings is 1. The maximum atomic E-state index is 13.1. The molecule has 0 spiro atoms. The highest BCUT2D eigenvalue weighted by molar-refractivity contribution is 7.18. The largest absolute Gasteiger partial charge is 0.444 e. The molecule has 0 fully saturated rings. The van der Waals surface area contributed by atoms with Gasteiger partial charge in [0.05, 0.1) is 17.1 Å². The summed E-state index contributed by atoms with van der Waals surface area (Å²) in [5.74, 6) is -0.182. The molecule has 4 aromatic rings. The van der Waals surface area contributed by atoms with E-state index in [9.17, 15) is 9.59 Å². The first-order valence-electron chi connectivity index (χ1n) is 11.5. The van der Waals surface area contributed by atoms with Crippen molar-refractivity contribution in [1.29, 1.82) is 0 Å². The summed E-state index contributed by atoms with van der Waals surface area (Å²) in [5, 5.41) is 2.96. The minimum Gasteiger partial charge on any atom is -0.444 e. The number of nitrogens with one attached hydrogen (secondary N) is 1. The first-order chi connectivity index (χ1) is 17.1. The van der Waals surface area contributed by atoms with Crippen molar-refractivity contribution in [2.24, 2.45) is 0 Å². The van der Waals surface area contributed by atoms with Crippen molar-refractivity contribution in [2.45, 2.75) is 39.7 Å². The number of aryl methyl sites for hydroxylation is 1. The fourth-order valence-corrected chi connectivity index (χ4v) is 4.87. The van der Waals surface area contributed by atoms with Gasteiger partial charge < -0.3 is 4.74 Å². The predicted octanol–water partition coefficient (Wildman–Crippen LogP) is 8.21. The number of ether oxygens (including phenoxy) is 1. The normalized spacial score (nSPS) is 11.2. The Balaban J connectivity index is 1.49. The van der Waals surface area contributed by atoms with E-state index in [1.54, 1.807) is 56.5 Å². The zero-order chi connectivity index (χ0) is 25.9. The number of ketones is 1. The number of Topliss-reactive ketones (excluding diaryl/α,β-unsaturated/α-hetero) is 1. The average Bonchev–Trinajstić information content (AvgIpc) is 3.31. The van der Waals surface area contributed by atoms with Crippen LogP contribution in [0.1, 0.15) is 42.4 Å². The summed E-state index contributed by atoms with van der Waals surface area (Å²) < 4.78 is 5.28. The van der Waals surface area contributed by atoms with E-state index < -0.39 is 11.7 Å². The highest BCUT2D eigenvalue weighted by atomic mass is 35.5. The van der Waals surface area contributed by atoms with Crippen LogP contribution in [0.3, 0.4) is 0 Å². The number of carbonyl (C=O) groups is 2. The number of hydrogen-bond donors (Lipinski definition) is 1. The molecule has 1 amide bonds. The number of benzene rings is 2. The summed E-state index contributed by atoms with van der Waals surface area (Å²) in [4.78, 5) is 32.1. The van der Waals surface area contributed by atoms with Crippen LogP contribution >= 0.6 is 22.9 Å². The summed E-state index contributed by atoms with van der Waals surface area (Å²) in [6.45, 7) is 7.30. The number of pyridine rings is 1. The fraction of sp³-hybridized carbons (Fsp3) is 0.207. The van der Waals surface area contributed by atoms with E-state index in [2.05, 4.69) is 40.6 Å². The zero-order valence-corrected chi connectivity index (χ0v) is 22.2. The first kappa shape index (κ1) is 25.6. The number of anilines is 1. The number of nitrogens with zero attached hydrogens (tertiary/aromatic N) is 1. The van der Waals surface area contributed by atoms with Gasteiger partial charge in [-0.15, -0.1) is 11.3 Å². The van der Waals surface area contributed by atoms with E-state index in [1.807, 2.05) is 25.1 Å². The molecule has 2 heterocycles. The molecule has 0 atom stereocenters. The Morgan fingerprint density at radius 1 is 0.972 bits per heavy atom. The monoisotopic (exact) mass is 518 g/mol. The van der Waals surface area contributed by atoms with E-state index in [1.165, 1.54) is 10.4 Å². The average molecular weight is 519 g/mol. The van der Waals surface area contributed by atoms with Gasteiger partial charge in [-0.05, 0) is 75.2 Å². The van der Waals surface area contributed by atoms with E-state index in [0.29, 0.717) is 22.0 Å². The highest BCUT2D eigenvalue weighted by Gasteiger charge is 2.19. The number of aromatic nitrogens is 1. The smallest absolute Gasteiger partial charge is 0.412 e. The molecule has 0 saturated heterocycles. The topological polar surface area (TPSA) is 68.3 Å². The Labute approximate surface area is 220 Å². The molecule has 5 nitrogen and oxygen atoms in total. The molecule has 0 aliphatic rings. The molecule has 0 unspecified atom stereocenters. The van der Waals surface area contributed by atoms with Crippen LogP contribution in [0.2, 0.25) is 5.02 Å². The molecule has 0 aliphatic carbocycles. The van der Waals surface area contributed by atoms with Crippen LogP contribution in [-0.2, 0) is 11.2 Å². The SMILES string of the molecule is Cc1cc(-c2ccc(-c3ccccc3)s2)cnc1CC(=O)c1cc(NC(=O)OC(C)(C)C)ccc1Cl. The van der Waals surface area contributed by atoms with E-state index in [0.717, 1.165) is 16.0 Å². The molecule has 184 valence electrons. The van der Waals surface area contributed by atoms with Crippen molar-refractivity contribution >= 4 is 40.5 Å². The standard InChI is InChI=1S/C29H27ClN2O3S/c1-18-14-20(27-13-12-26(36-27)19-8-6-5-7-9-19)17-31-24(18)16-25(33)22-15-21(10-11-23(22)30)32-28(34)35-29(2,3)4/h5-15,17H,16H2,1-4H3,(H,32,34). The maximum Gasteiger partial charge on any atom is 0.412 e. The lowest BCUT2D eigenvalue weighted by molar-refractivity contribution is 0.0635. The van der Waals surface area contributed by atoms with Crippen molar-refractivity contribution in [2.75, 3.05) is 5.32 Å². The van der Waals surface area contributed by atoms with Crippen LogP contribution in [0, 0.1) is 6.92 Å². The Kier molecular flexibility index (Phi) is 7.57. The van der Waals surface area contributed by atoms with Crippen LogP contribution in [0.4, 0.5) is 10.5 Å². The molecule has 0 bridgehead atoms. The number of carbonyl (C=O) groups excluding carboxylic acids is 2.